The largest absolute Gasteiger partial charge is 0.411 e. The summed E-state index contributed by atoms with van der Waals surface area (Å²) in [7, 11) is 0. The third-order valence-electron chi connectivity index (χ3n) is 5.46. The second-order valence-corrected chi connectivity index (χ2v) is 8.62. The van der Waals surface area contributed by atoms with Gasteiger partial charge >= 0.3 is 0 Å². The first-order valence-corrected chi connectivity index (χ1v) is 10.2. The number of carbonyl (C=O) groups is 1. The van der Waals surface area contributed by atoms with Gasteiger partial charge in [-0.1, -0.05) is 56.7 Å². The van der Waals surface area contributed by atoms with Crippen LogP contribution in [-0.4, -0.2) is 27.4 Å². The number of amides is 1. The smallest absolute Gasteiger partial charge is 0.277 e. The van der Waals surface area contributed by atoms with Gasteiger partial charge in [-0.15, -0.1) is 10.2 Å². The van der Waals surface area contributed by atoms with Crippen LogP contribution < -0.4 is 5.32 Å². The molecule has 1 N–H and O–H groups in total. The van der Waals surface area contributed by atoms with Crippen molar-refractivity contribution in [2.75, 3.05) is 0 Å². The van der Waals surface area contributed by atoms with Crippen molar-refractivity contribution >= 4 is 17.7 Å². The highest BCUT2D eigenvalue weighted by Gasteiger charge is 2.30. The highest BCUT2D eigenvalue weighted by Crippen LogP contribution is 2.31. The first-order chi connectivity index (χ1) is 12.5. The summed E-state index contributed by atoms with van der Waals surface area (Å²) in [6.45, 7) is 8.40. The van der Waals surface area contributed by atoms with Gasteiger partial charge in [0.2, 0.25) is 11.8 Å². The molecule has 1 aliphatic rings. The zero-order chi connectivity index (χ0) is 18.7. The maximum atomic E-state index is 12.6. The fourth-order valence-electron chi connectivity index (χ4n) is 3.47. The van der Waals surface area contributed by atoms with Gasteiger partial charge in [-0.3, -0.25) is 4.79 Å². The summed E-state index contributed by atoms with van der Waals surface area (Å²) in [6.07, 6.45) is 3.50. The third kappa shape index (κ3) is 4.29. The van der Waals surface area contributed by atoms with E-state index in [2.05, 4.69) is 29.4 Å². The molecule has 0 unspecified atom stereocenters. The van der Waals surface area contributed by atoms with Gasteiger partial charge in [0.15, 0.2) is 0 Å². The van der Waals surface area contributed by atoms with E-state index in [-0.39, 0.29) is 17.2 Å². The molecule has 1 aliphatic carbocycles. The SMILES string of the molecule is Cc1ccccc1-c1nnc(S[C@@H](C)C(=O)N[C@@H]2CCC[C@H](C)[C@@H]2C)o1. The minimum atomic E-state index is -0.274. The molecular formula is C20H27N3O2S. The number of hydrogen-bond acceptors (Lipinski definition) is 5. The summed E-state index contributed by atoms with van der Waals surface area (Å²) in [5.41, 5.74) is 2.01. The summed E-state index contributed by atoms with van der Waals surface area (Å²) in [5.74, 6) is 1.70. The molecule has 1 saturated carbocycles. The predicted octanol–water partition coefficient (Wildman–Crippen LogP) is 4.47. The molecule has 0 bridgehead atoms. The number of carbonyl (C=O) groups excluding carboxylic acids is 1. The Morgan fingerprint density at radius 2 is 2.04 bits per heavy atom. The Morgan fingerprint density at radius 3 is 2.81 bits per heavy atom. The molecule has 3 rings (SSSR count). The van der Waals surface area contributed by atoms with E-state index >= 15 is 0 Å². The Labute approximate surface area is 159 Å². The lowest BCUT2D eigenvalue weighted by Crippen LogP contribution is -2.46. The van der Waals surface area contributed by atoms with E-state index in [0.717, 1.165) is 17.5 Å². The van der Waals surface area contributed by atoms with Crippen molar-refractivity contribution in [3.8, 4) is 11.5 Å². The van der Waals surface area contributed by atoms with E-state index in [9.17, 15) is 4.79 Å². The highest BCUT2D eigenvalue weighted by molar-refractivity contribution is 8.00. The fourth-order valence-corrected chi connectivity index (χ4v) is 4.16. The van der Waals surface area contributed by atoms with Crippen LogP contribution in [0.2, 0.25) is 0 Å². The van der Waals surface area contributed by atoms with Crippen LogP contribution in [0.15, 0.2) is 33.9 Å². The Hall–Kier alpha value is -1.82. The number of nitrogens with zero attached hydrogens (tertiary/aromatic N) is 2. The van der Waals surface area contributed by atoms with Crippen LogP contribution in [0.25, 0.3) is 11.5 Å². The molecule has 0 spiro atoms. The highest BCUT2D eigenvalue weighted by atomic mass is 32.2. The van der Waals surface area contributed by atoms with Gasteiger partial charge in [0.25, 0.3) is 5.22 Å². The van der Waals surface area contributed by atoms with Gasteiger partial charge in [-0.2, -0.15) is 0 Å². The van der Waals surface area contributed by atoms with Crippen molar-refractivity contribution in [3.05, 3.63) is 29.8 Å². The second-order valence-electron chi connectivity index (χ2n) is 7.33. The number of nitrogens with one attached hydrogen (secondary N) is 1. The molecular weight excluding hydrogens is 346 g/mol. The van der Waals surface area contributed by atoms with E-state index in [1.165, 1.54) is 24.6 Å². The van der Waals surface area contributed by atoms with Crippen molar-refractivity contribution in [1.82, 2.24) is 15.5 Å². The monoisotopic (exact) mass is 373 g/mol. The Balaban J connectivity index is 1.60. The first-order valence-electron chi connectivity index (χ1n) is 9.32. The van der Waals surface area contributed by atoms with Crippen LogP contribution in [0.4, 0.5) is 0 Å². The van der Waals surface area contributed by atoms with Gasteiger partial charge in [-0.25, -0.2) is 0 Å². The Morgan fingerprint density at radius 1 is 1.27 bits per heavy atom. The van der Waals surface area contributed by atoms with E-state index < -0.39 is 0 Å². The first kappa shape index (κ1) is 19.0. The molecule has 26 heavy (non-hydrogen) atoms. The summed E-state index contributed by atoms with van der Waals surface area (Å²) in [6, 6.07) is 8.15. The predicted molar refractivity (Wildman–Crippen MR) is 104 cm³/mol. The van der Waals surface area contributed by atoms with Crippen LogP contribution in [-0.2, 0) is 4.79 Å². The minimum absolute atomic E-state index is 0.0385. The molecule has 5 nitrogen and oxygen atoms in total. The van der Waals surface area contributed by atoms with E-state index in [1.54, 1.807) is 0 Å². The average Bonchev–Trinajstić information content (AvgIpc) is 3.07. The normalized spacial score (nSPS) is 24.2. The van der Waals surface area contributed by atoms with Crippen molar-refractivity contribution < 1.29 is 9.21 Å². The van der Waals surface area contributed by atoms with Crippen LogP contribution >= 0.6 is 11.8 Å². The van der Waals surface area contributed by atoms with Gasteiger partial charge in [-0.05, 0) is 43.7 Å². The molecule has 1 aromatic carbocycles. The van der Waals surface area contributed by atoms with Gasteiger partial charge < -0.3 is 9.73 Å². The molecule has 0 saturated heterocycles. The lowest BCUT2D eigenvalue weighted by Gasteiger charge is -2.35. The molecule has 2 aromatic rings. The number of hydrogen-bond donors (Lipinski definition) is 1. The summed E-state index contributed by atoms with van der Waals surface area (Å²) >= 11 is 1.31. The molecule has 0 aliphatic heterocycles. The van der Waals surface area contributed by atoms with Crippen molar-refractivity contribution in [2.45, 2.75) is 63.5 Å². The summed E-state index contributed by atoms with van der Waals surface area (Å²) in [4.78, 5) is 12.6. The lowest BCUT2D eigenvalue weighted by atomic mass is 9.78. The third-order valence-corrected chi connectivity index (χ3v) is 6.40. The van der Waals surface area contributed by atoms with Crippen LogP contribution in [0, 0.1) is 18.8 Å². The molecule has 140 valence electrons. The Kier molecular flexibility index (Phi) is 6.01. The lowest BCUT2D eigenvalue weighted by molar-refractivity contribution is -0.121. The van der Waals surface area contributed by atoms with E-state index in [1.807, 2.05) is 38.1 Å². The zero-order valence-corrected chi connectivity index (χ0v) is 16.7. The average molecular weight is 374 g/mol. The molecule has 4 atom stereocenters. The molecule has 1 fully saturated rings. The van der Waals surface area contributed by atoms with Crippen molar-refractivity contribution in [3.63, 3.8) is 0 Å². The van der Waals surface area contributed by atoms with Gasteiger partial charge in [0, 0.05) is 11.6 Å². The number of aryl methyl sites for hydroxylation is 1. The van der Waals surface area contributed by atoms with Crippen molar-refractivity contribution in [1.29, 1.82) is 0 Å². The van der Waals surface area contributed by atoms with Crippen LogP contribution in [0.3, 0.4) is 0 Å². The Bertz CT molecular complexity index is 761. The maximum absolute atomic E-state index is 12.6. The fraction of sp³-hybridized carbons (Fsp3) is 0.550. The van der Waals surface area contributed by atoms with Crippen molar-refractivity contribution in [2.24, 2.45) is 11.8 Å². The molecule has 1 aromatic heterocycles. The minimum Gasteiger partial charge on any atom is -0.411 e. The quantitative estimate of drug-likeness (QED) is 0.783. The standard InChI is InChI=1S/C20H27N3O2S/c1-12-9-7-11-17(14(12)3)21-18(24)15(4)26-20-23-22-19(25-20)16-10-6-5-8-13(16)2/h5-6,8,10,12,14-15,17H,7,9,11H2,1-4H3,(H,21,24)/t12-,14-,15-,17+/m0/s1. The summed E-state index contributed by atoms with van der Waals surface area (Å²) < 4.78 is 5.76. The second kappa shape index (κ2) is 8.25. The summed E-state index contributed by atoms with van der Waals surface area (Å²) in [5, 5.41) is 11.6. The number of aromatic nitrogens is 2. The molecule has 0 radical (unpaired) electrons. The molecule has 6 heteroatoms. The molecule has 1 heterocycles. The number of thioether (sulfide) groups is 1. The number of benzene rings is 1. The van der Waals surface area contributed by atoms with Gasteiger partial charge in [0.05, 0.1) is 5.25 Å². The van der Waals surface area contributed by atoms with Crippen LogP contribution in [0.1, 0.15) is 45.6 Å². The topological polar surface area (TPSA) is 68.0 Å². The number of rotatable bonds is 5. The molecule has 1 amide bonds. The van der Waals surface area contributed by atoms with Crippen LogP contribution in [0.5, 0.6) is 0 Å². The van der Waals surface area contributed by atoms with E-state index in [0.29, 0.717) is 22.9 Å². The maximum Gasteiger partial charge on any atom is 0.277 e. The van der Waals surface area contributed by atoms with Gasteiger partial charge in [0.1, 0.15) is 0 Å². The zero-order valence-electron chi connectivity index (χ0n) is 15.9. The van der Waals surface area contributed by atoms with E-state index in [4.69, 9.17) is 4.42 Å².